The van der Waals surface area contributed by atoms with Crippen molar-refractivity contribution in [1.29, 1.82) is 0 Å². The van der Waals surface area contributed by atoms with Crippen LogP contribution in [0.5, 0.6) is 11.5 Å². The molecule has 32 heavy (non-hydrogen) atoms. The number of ether oxygens (including phenoxy) is 2. The van der Waals surface area contributed by atoms with E-state index < -0.39 is 11.9 Å². The predicted molar refractivity (Wildman–Crippen MR) is 127 cm³/mol. The van der Waals surface area contributed by atoms with Crippen molar-refractivity contribution in [3.05, 3.63) is 94.0 Å². The van der Waals surface area contributed by atoms with Crippen LogP contribution in [0.1, 0.15) is 41.3 Å². The normalized spacial score (nSPS) is 10.9. The average molecular weight is 495 g/mol. The molecule has 0 aromatic heterocycles. The fraction of sp³-hybridized carbons (Fsp3) is 0.160. The van der Waals surface area contributed by atoms with Crippen LogP contribution in [0.2, 0.25) is 0 Å². The number of hydrazone groups is 1. The molecule has 0 aliphatic heterocycles. The molecule has 164 valence electrons. The Bertz CT molecular complexity index is 1100. The number of nitrogens with zero attached hydrogens (tertiary/aromatic N) is 1. The maximum atomic E-state index is 12.3. The van der Waals surface area contributed by atoms with Gasteiger partial charge in [0, 0.05) is 10.0 Å². The summed E-state index contributed by atoms with van der Waals surface area (Å²) in [5, 5.41) is 3.96. The molecule has 3 rings (SSSR count). The fourth-order valence-corrected chi connectivity index (χ4v) is 3.13. The number of carbonyl (C=O) groups is 2. The molecule has 1 N–H and O–H groups in total. The van der Waals surface area contributed by atoms with Crippen molar-refractivity contribution in [2.45, 2.75) is 19.8 Å². The Morgan fingerprint density at radius 3 is 2.44 bits per heavy atom. The average Bonchev–Trinajstić information content (AvgIpc) is 2.80. The first-order chi connectivity index (χ1) is 15.4. The Labute approximate surface area is 195 Å². The lowest BCUT2D eigenvalue weighted by Crippen LogP contribution is -2.24. The van der Waals surface area contributed by atoms with E-state index in [1.807, 2.05) is 30.3 Å². The summed E-state index contributed by atoms with van der Waals surface area (Å²) in [6.07, 6.45) is 1.41. The molecule has 0 fully saturated rings. The van der Waals surface area contributed by atoms with Crippen LogP contribution in [0, 0.1) is 0 Å². The van der Waals surface area contributed by atoms with Gasteiger partial charge in [-0.3, -0.25) is 4.79 Å². The Balaban J connectivity index is 1.57. The molecule has 0 atom stereocenters. The molecule has 0 spiro atoms. The van der Waals surface area contributed by atoms with Gasteiger partial charge in [-0.2, -0.15) is 5.10 Å². The van der Waals surface area contributed by atoms with Gasteiger partial charge in [0.1, 0.15) is 11.5 Å². The largest absolute Gasteiger partial charge is 0.484 e. The molecule has 1 amide bonds. The number of nitrogens with one attached hydrogen (secondary N) is 1. The number of hydrogen-bond acceptors (Lipinski definition) is 5. The molecule has 0 aliphatic rings. The first kappa shape index (κ1) is 23.2. The second-order valence-corrected chi connectivity index (χ2v) is 8.16. The van der Waals surface area contributed by atoms with E-state index in [1.165, 1.54) is 11.8 Å². The lowest BCUT2D eigenvalue weighted by atomic mass is 10.0. The van der Waals surface area contributed by atoms with Gasteiger partial charge in [-0.05, 0) is 53.9 Å². The number of carbonyl (C=O) groups excluding carboxylic acids is 2. The maximum Gasteiger partial charge on any atom is 0.343 e. The summed E-state index contributed by atoms with van der Waals surface area (Å²) < 4.78 is 11.8. The Kier molecular flexibility index (Phi) is 8.16. The summed E-state index contributed by atoms with van der Waals surface area (Å²) in [5.41, 5.74) is 4.57. The van der Waals surface area contributed by atoms with Gasteiger partial charge in [0.2, 0.25) is 0 Å². The third kappa shape index (κ3) is 6.78. The highest BCUT2D eigenvalue weighted by Gasteiger charge is 2.11. The monoisotopic (exact) mass is 494 g/mol. The standard InChI is InChI=1S/C25H23BrN2O4/c1-17(2)18-8-11-22(12-9-18)31-16-24(29)28-27-15-20-14-21(26)10-13-23(20)32-25(30)19-6-4-3-5-7-19/h3-15,17H,16H2,1-2H3,(H,28,29). The van der Waals surface area contributed by atoms with Gasteiger partial charge in [0.25, 0.3) is 5.91 Å². The van der Waals surface area contributed by atoms with Gasteiger partial charge in [0.15, 0.2) is 6.61 Å². The number of hydrogen-bond donors (Lipinski definition) is 1. The molecule has 3 aromatic carbocycles. The summed E-state index contributed by atoms with van der Waals surface area (Å²) in [6.45, 7) is 4.05. The lowest BCUT2D eigenvalue weighted by molar-refractivity contribution is -0.123. The van der Waals surface area contributed by atoms with Gasteiger partial charge in [0.05, 0.1) is 11.8 Å². The summed E-state index contributed by atoms with van der Waals surface area (Å²) in [6, 6.07) is 21.4. The van der Waals surface area contributed by atoms with Crippen molar-refractivity contribution >= 4 is 34.0 Å². The van der Waals surface area contributed by atoms with Crippen LogP contribution in [0.15, 0.2) is 82.4 Å². The van der Waals surface area contributed by atoms with E-state index >= 15 is 0 Å². The minimum Gasteiger partial charge on any atom is -0.484 e. The van der Waals surface area contributed by atoms with Gasteiger partial charge in [-0.1, -0.05) is 60.1 Å². The molecule has 0 radical (unpaired) electrons. The van der Waals surface area contributed by atoms with Crippen LogP contribution in [-0.2, 0) is 4.79 Å². The number of esters is 1. The lowest BCUT2D eigenvalue weighted by Gasteiger charge is -2.09. The van der Waals surface area contributed by atoms with Crippen LogP contribution in [0.25, 0.3) is 0 Å². The minimum atomic E-state index is -0.483. The zero-order valence-electron chi connectivity index (χ0n) is 17.7. The van der Waals surface area contributed by atoms with Crippen molar-refractivity contribution in [3.8, 4) is 11.5 Å². The topological polar surface area (TPSA) is 77.0 Å². The van der Waals surface area contributed by atoms with Crippen LogP contribution < -0.4 is 14.9 Å². The van der Waals surface area contributed by atoms with E-state index in [1.54, 1.807) is 42.5 Å². The number of benzene rings is 3. The van der Waals surface area contributed by atoms with E-state index in [0.29, 0.717) is 28.5 Å². The first-order valence-electron chi connectivity index (χ1n) is 10.0. The quantitative estimate of drug-likeness (QED) is 0.199. The van der Waals surface area contributed by atoms with Crippen molar-refractivity contribution in [1.82, 2.24) is 5.43 Å². The molecular weight excluding hydrogens is 472 g/mol. The molecule has 0 aliphatic carbocycles. The number of halogens is 1. The molecule has 0 saturated heterocycles. The minimum absolute atomic E-state index is 0.174. The van der Waals surface area contributed by atoms with Gasteiger partial charge in [-0.15, -0.1) is 0 Å². The fourth-order valence-electron chi connectivity index (χ4n) is 2.75. The van der Waals surface area contributed by atoms with Gasteiger partial charge >= 0.3 is 5.97 Å². The van der Waals surface area contributed by atoms with Crippen molar-refractivity contribution in [2.24, 2.45) is 5.10 Å². The van der Waals surface area contributed by atoms with E-state index in [2.05, 4.69) is 40.3 Å². The van der Waals surface area contributed by atoms with Crippen molar-refractivity contribution in [3.63, 3.8) is 0 Å². The molecule has 3 aromatic rings. The Morgan fingerprint density at radius 1 is 1.03 bits per heavy atom. The van der Waals surface area contributed by atoms with Crippen molar-refractivity contribution < 1.29 is 19.1 Å². The first-order valence-corrected chi connectivity index (χ1v) is 10.8. The molecule has 0 unspecified atom stereocenters. The molecule has 7 heteroatoms. The molecular formula is C25H23BrN2O4. The Morgan fingerprint density at radius 2 is 1.75 bits per heavy atom. The van der Waals surface area contributed by atoms with Crippen LogP contribution in [0.3, 0.4) is 0 Å². The Hall–Kier alpha value is -3.45. The second-order valence-electron chi connectivity index (χ2n) is 7.24. The highest BCUT2D eigenvalue weighted by molar-refractivity contribution is 9.10. The highest BCUT2D eigenvalue weighted by Crippen LogP contribution is 2.23. The van der Waals surface area contributed by atoms with Crippen LogP contribution >= 0.6 is 15.9 Å². The zero-order chi connectivity index (χ0) is 22.9. The number of rotatable bonds is 8. The number of amides is 1. The van der Waals surface area contributed by atoms with E-state index in [9.17, 15) is 9.59 Å². The summed E-state index contributed by atoms with van der Waals surface area (Å²) in [5.74, 6) is 0.462. The third-order valence-corrected chi connectivity index (χ3v) is 4.99. The van der Waals surface area contributed by atoms with E-state index in [0.717, 1.165) is 4.47 Å². The van der Waals surface area contributed by atoms with Gasteiger partial charge < -0.3 is 9.47 Å². The summed E-state index contributed by atoms with van der Waals surface area (Å²) in [7, 11) is 0. The second kappa shape index (κ2) is 11.2. The molecule has 0 bridgehead atoms. The third-order valence-electron chi connectivity index (χ3n) is 4.49. The molecule has 0 saturated carbocycles. The maximum absolute atomic E-state index is 12.3. The zero-order valence-corrected chi connectivity index (χ0v) is 19.3. The predicted octanol–water partition coefficient (Wildman–Crippen LogP) is 5.32. The van der Waals surface area contributed by atoms with Crippen LogP contribution in [-0.4, -0.2) is 24.7 Å². The summed E-state index contributed by atoms with van der Waals surface area (Å²) in [4.78, 5) is 24.4. The smallest absolute Gasteiger partial charge is 0.343 e. The summed E-state index contributed by atoms with van der Waals surface area (Å²) >= 11 is 3.38. The van der Waals surface area contributed by atoms with Crippen molar-refractivity contribution in [2.75, 3.05) is 6.61 Å². The molecule has 0 heterocycles. The SMILES string of the molecule is CC(C)c1ccc(OCC(=O)NN=Cc2cc(Br)ccc2OC(=O)c2ccccc2)cc1. The van der Waals surface area contributed by atoms with Crippen LogP contribution in [0.4, 0.5) is 0 Å². The molecule has 6 nitrogen and oxygen atoms in total. The van der Waals surface area contributed by atoms with Gasteiger partial charge in [-0.25, -0.2) is 10.2 Å². The van der Waals surface area contributed by atoms with E-state index in [-0.39, 0.29) is 6.61 Å². The highest BCUT2D eigenvalue weighted by atomic mass is 79.9. The van der Waals surface area contributed by atoms with E-state index in [4.69, 9.17) is 9.47 Å².